The van der Waals surface area contributed by atoms with Gasteiger partial charge in [-0.25, -0.2) is 27.3 Å². The standard InChI is InChI=1S/C6H4BrF2N3O4S/c7-5-4(17(10,15)16)3(6(8)9)2(1-11-5)12(13)14/h1,6H,(H2,10,15,16). The van der Waals surface area contributed by atoms with Gasteiger partial charge in [-0.15, -0.1) is 0 Å². The maximum absolute atomic E-state index is 12.7. The first-order chi connectivity index (χ1) is 7.66. The number of nitrogens with zero attached hydrogens (tertiary/aromatic N) is 2. The SMILES string of the molecule is NS(=O)(=O)c1c(Br)ncc([N+](=O)[O-])c1C(F)F. The van der Waals surface area contributed by atoms with Crippen LogP contribution in [0.2, 0.25) is 0 Å². The molecule has 0 fully saturated rings. The van der Waals surface area contributed by atoms with Crippen LogP contribution in [0.15, 0.2) is 15.7 Å². The summed E-state index contributed by atoms with van der Waals surface area (Å²) in [6.45, 7) is 0. The average Bonchev–Trinajstić information content (AvgIpc) is 2.14. The Bertz CT molecular complexity index is 577. The molecule has 0 saturated carbocycles. The summed E-state index contributed by atoms with van der Waals surface area (Å²) < 4.78 is 47.1. The van der Waals surface area contributed by atoms with E-state index < -0.39 is 42.1 Å². The smallest absolute Gasteiger partial charge is 0.258 e. The lowest BCUT2D eigenvalue weighted by Gasteiger charge is -2.08. The summed E-state index contributed by atoms with van der Waals surface area (Å²) in [4.78, 5) is 11.6. The Labute approximate surface area is 102 Å². The van der Waals surface area contributed by atoms with Crippen molar-refractivity contribution in [1.82, 2.24) is 4.98 Å². The molecule has 0 atom stereocenters. The predicted molar refractivity (Wildman–Crippen MR) is 54.9 cm³/mol. The van der Waals surface area contributed by atoms with Crippen molar-refractivity contribution in [2.24, 2.45) is 5.14 Å². The van der Waals surface area contributed by atoms with Gasteiger partial charge in [-0.2, -0.15) is 0 Å². The highest BCUT2D eigenvalue weighted by Gasteiger charge is 2.33. The van der Waals surface area contributed by atoms with Crippen LogP contribution in [0.1, 0.15) is 12.0 Å². The molecule has 0 radical (unpaired) electrons. The molecule has 0 bridgehead atoms. The number of aromatic nitrogens is 1. The molecule has 0 aromatic carbocycles. The second-order valence-corrected chi connectivity index (χ2v) is 5.03. The topological polar surface area (TPSA) is 116 Å². The zero-order valence-electron chi connectivity index (χ0n) is 7.80. The van der Waals surface area contributed by atoms with E-state index in [4.69, 9.17) is 5.14 Å². The molecule has 1 heterocycles. The molecule has 94 valence electrons. The molecule has 0 aliphatic heterocycles. The number of hydrogen-bond acceptors (Lipinski definition) is 5. The number of alkyl halides is 2. The lowest BCUT2D eigenvalue weighted by atomic mass is 10.2. The summed E-state index contributed by atoms with van der Waals surface area (Å²) in [5.74, 6) is 0. The summed E-state index contributed by atoms with van der Waals surface area (Å²) in [6.07, 6.45) is -2.84. The van der Waals surface area contributed by atoms with Crippen LogP contribution in [0, 0.1) is 10.1 Å². The van der Waals surface area contributed by atoms with Crippen LogP contribution in [-0.4, -0.2) is 18.3 Å². The molecule has 17 heavy (non-hydrogen) atoms. The van der Waals surface area contributed by atoms with Gasteiger partial charge in [0.05, 0.1) is 4.92 Å². The van der Waals surface area contributed by atoms with Crippen molar-refractivity contribution >= 4 is 31.6 Å². The highest BCUT2D eigenvalue weighted by Crippen LogP contribution is 2.36. The first kappa shape index (κ1) is 13.9. The van der Waals surface area contributed by atoms with Gasteiger partial charge >= 0.3 is 0 Å². The van der Waals surface area contributed by atoms with Crippen LogP contribution in [0.4, 0.5) is 14.5 Å². The minimum Gasteiger partial charge on any atom is -0.258 e. The fourth-order valence-corrected chi connectivity index (χ4v) is 2.88. The minimum atomic E-state index is -4.56. The third-order valence-corrected chi connectivity index (χ3v) is 3.55. The maximum atomic E-state index is 12.7. The molecule has 0 spiro atoms. The molecular weight excluding hydrogens is 328 g/mol. The van der Waals surface area contributed by atoms with E-state index in [1.54, 1.807) is 0 Å². The largest absolute Gasteiger partial charge is 0.297 e. The van der Waals surface area contributed by atoms with Crippen molar-refractivity contribution < 1.29 is 22.1 Å². The van der Waals surface area contributed by atoms with Crippen molar-refractivity contribution in [3.63, 3.8) is 0 Å². The lowest BCUT2D eigenvalue weighted by Crippen LogP contribution is -2.17. The Kier molecular flexibility index (Phi) is 3.74. The molecule has 2 N–H and O–H groups in total. The van der Waals surface area contributed by atoms with E-state index in [9.17, 15) is 27.3 Å². The quantitative estimate of drug-likeness (QED) is 0.509. The molecule has 0 aliphatic rings. The maximum Gasteiger partial charge on any atom is 0.297 e. The summed E-state index contributed by atoms with van der Waals surface area (Å²) in [5, 5.41) is 15.2. The number of primary sulfonamides is 1. The number of halogens is 3. The van der Waals surface area contributed by atoms with E-state index in [1.165, 1.54) is 0 Å². The molecule has 1 aromatic rings. The number of nitro groups is 1. The van der Waals surface area contributed by atoms with Gasteiger partial charge in [0, 0.05) is 0 Å². The van der Waals surface area contributed by atoms with Crippen LogP contribution in [-0.2, 0) is 10.0 Å². The van der Waals surface area contributed by atoms with Gasteiger partial charge < -0.3 is 0 Å². The second kappa shape index (κ2) is 4.58. The van der Waals surface area contributed by atoms with E-state index in [1.807, 2.05) is 0 Å². The van der Waals surface area contributed by atoms with Crippen molar-refractivity contribution in [2.45, 2.75) is 11.3 Å². The van der Waals surface area contributed by atoms with Crippen LogP contribution < -0.4 is 5.14 Å². The first-order valence-electron chi connectivity index (χ1n) is 3.80. The Hall–Kier alpha value is -1.20. The molecule has 7 nitrogen and oxygen atoms in total. The number of rotatable bonds is 3. The lowest BCUT2D eigenvalue weighted by molar-refractivity contribution is -0.386. The summed E-state index contributed by atoms with van der Waals surface area (Å²) in [5.41, 5.74) is -2.38. The van der Waals surface area contributed by atoms with Crippen molar-refractivity contribution in [3.8, 4) is 0 Å². The van der Waals surface area contributed by atoms with E-state index in [-0.39, 0.29) is 0 Å². The van der Waals surface area contributed by atoms with Crippen LogP contribution in [0.25, 0.3) is 0 Å². The summed E-state index contributed by atoms with van der Waals surface area (Å²) >= 11 is 2.61. The zero-order chi connectivity index (χ0) is 13.4. The van der Waals surface area contributed by atoms with Gasteiger partial charge in [0.25, 0.3) is 12.1 Å². The normalized spacial score (nSPS) is 11.8. The number of hydrogen-bond donors (Lipinski definition) is 1. The molecule has 0 amide bonds. The fraction of sp³-hybridized carbons (Fsp3) is 0.167. The van der Waals surface area contributed by atoms with Crippen molar-refractivity contribution in [1.29, 1.82) is 0 Å². The molecular formula is C6H4BrF2N3O4S. The molecule has 1 aromatic heterocycles. The number of pyridine rings is 1. The van der Waals surface area contributed by atoms with Crippen molar-refractivity contribution in [2.75, 3.05) is 0 Å². The van der Waals surface area contributed by atoms with Gasteiger partial charge in [-0.1, -0.05) is 0 Å². The third-order valence-electron chi connectivity index (χ3n) is 1.71. The zero-order valence-corrected chi connectivity index (χ0v) is 10.2. The van der Waals surface area contributed by atoms with E-state index >= 15 is 0 Å². The van der Waals surface area contributed by atoms with E-state index in [0.29, 0.717) is 6.20 Å². The van der Waals surface area contributed by atoms with Crippen LogP contribution in [0.5, 0.6) is 0 Å². The van der Waals surface area contributed by atoms with Crippen molar-refractivity contribution in [3.05, 3.63) is 26.5 Å². The summed E-state index contributed by atoms with van der Waals surface area (Å²) in [7, 11) is -4.56. The van der Waals surface area contributed by atoms with Crippen LogP contribution >= 0.6 is 15.9 Å². The summed E-state index contributed by atoms with van der Waals surface area (Å²) in [6, 6.07) is 0. The van der Waals surface area contributed by atoms with Crippen LogP contribution in [0.3, 0.4) is 0 Å². The van der Waals surface area contributed by atoms with Gasteiger partial charge in [-0.05, 0) is 15.9 Å². The monoisotopic (exact) mass is 331 g/mol. The Morgan fingerprint density at radius 1 is 1.53 bits per heavy atom. The van der Waals surface area contributed by atoms with E-state index in [0.717, 1.165) is 0 Å². The minimum absolute atomic E-state index is 0.499. The van der Waals surface area contributed by atoms with Gasteiger partial charge in [0.1, 0.15) is 21.3 Å². The Morgan fingerprint density at radius 3 is 2.41 bits per heavy atom. The van der Waals surface area contributed by atoms with Gasteiger partial charge in [0.15, 0.2) is 0 Å². The predicted octanol–water partition coefficient (Wildman–Crippen LogP) is 1.34. The highest BCUT2D eigenvalue weighted by molar-refractivity contribution is 9.10. The highest BCUT2D eigenvalue weighted by atomic mass is 79.9. The van der Waals surface area contributed by atoms with E-state index in [2.05, 4.69) is 20.9 Å². The Balaban J connectivity index is 3.80. The molecule has 0 saturated heterocycles. The number of sulfonamides is 1. The second-order valence-electron chi connectivity index (χ2n) is 2.78. The van der Waals surface area contributed by atoms with Gasteiger partial charge in [-0.3, -0.25) is 10.1 Å². The Morgan fingerprint density at radius 2 is 2.06 bits per heavy atom. The molecule has 11 heteroatoms. The van der Waals surface area contributed by atoms with Gasteiger partial charge in [0.2, 0.25) is 10.0 Å². The number of nitrogens with two attached hydrogens (primary N) is 1. The first-order valence-corrected chi connectivity index (χ1v) is 6.14. The molecule has 0 aliphatic carbocycles. The molecule has 1 rings (SSSR count). The third kappa shape index (κ3) is 2.73. The fourth-order valence-electron chi connectivity index (χ4n) is 1.10. The average molecular weight is 332 g/mol. The molecule has 0 unspecified atom stereocenters.